The quantitative estimate of drug-likeness (QED) is 0.340. The summed E-state index contributed by atoms with van der Waals surface area (Å²) in [5, 5.41) is 23.3. The van der Waals surface area contributed by atoms with Crippen LogP contribution in [0.15, 0.2) is 10.4 Å². The fourth-order valence-electron chi connectivity index (χ4n) is 0.282. The molecule has 0 aliphatic carbocycles. The molecule has 8 heteroatoms. The number of ketones is 1. The van der Waals surface area contributed by atoms with Crippen molar-refractivity contribution in [1.29, 1.82) is 16.2 Å². The Bertz CT molecular complexity index is 287. The van der Waals surface area contributed by atoms with Crippen molar-refractivity contribution in [3.63, 3.8) is 0 Å². The molecule has 3 N–H and O–H groups in total. The number of rotatable bonds is 0. The van der Waals surface area contributed by atoms with Crippen molar-refractivity contribution in [2.45, 2.75) is 0 Å². The van der Waals surface area contributed by atoms with Crippen molar-refractivity contribution in [1.82, 2.24) is 0 Å². The van der Waals surface area contributed by atoms with Crippen LogP contribution in [0.4, 0.5) is 0 Å². The first-order chi connectivity index (χ1) is 5.63. The highest BCUT2D eigenvalue weighted by molar-refractivity contribution is 6.62. The van der Waals surface area contributed by atoms with E-state index in [2.05, 4.69) is 15.2 Å². The highest BCUT2D eigenvalue weighted by Gasteiger charge is 2.24. The minimum Gasteiger partial charge on any atom is -0.314 e. The van der Waals surface area contributed by atoms with Crippen molar-refractivity contribution < 1.29 is 14.4 Å². The van der Waals surface area contributed by atoms with Gasteiger partial charge >= 0.3 is 11.7 Å². The van der Waals surface area contributed by atoms with Crippen LogP contribution in [0, 0.1) is 16.2 Å². The molecule has 1 aliphatic heterocycles. The summed E-state index contributed by atoms with van der Waals surface area (Å²) in [6.07, 6.45) is 0. The fraction of sp³-hybridized carbons (Fsp3) is 0. The maximum absolute atomic E-state index is 10.3. The van der Waals surface area contributed by atoms with Gasteiger partial charge in [0, 0.05) is 5.28 Å². The lowest BCUT2D eigenvalue weighted by Crippen LogP contribution is -2.25. The Morgan fingerprint density at radius 2 is 1.83 bits per heavy atom. The van der Waals surface area contributed by atoms with Crippen LogP contribution in [0.5, 0.6) is 0 Å². The van der Waals surface area contributed by atoms with Crippen LogP contribution < -0.4 is 0 Å². The second-order valence-electron chi connectivity index (χ2n) is 1.36. The van der Waals surface area contributed by atoms with Crippen molar-refractivity contribution in [2.75, 3.05) is 0 Å². The third-order valence-electron chi connectivity index (χ3n) is 0.664. The summed E-state index contributed by atoms with van der Waals surface area (Å²) < 4.78 is 0. The van der Waals surface area contributed by atoms with Crippen molar-refractivity contribution in [3.05, 3.63) is 0 Å². The summed E-state index contributed by atoms with van der Waals surface area (Å²) in [7, 11) is 0. The predicted molar refractivity (Wildman–Crippen MR) is 34.1 cm³/mol. The van der Waals surface area contributed by atoms with Gasteiger partial charge in [0.25, 0.3) is 5.90 Å². The number of Topliss-reactive ketones (excluding diaryl/α,β-unsaturated/α-hetero) is 1. The molecule has 0 spiro atoms. The molecule has 0 aromatic carbocycles. The maximum atomic E-state index is 10.3. The number of amides is 1. The van der Waals surface area contributed by atoms with Gasteiger partial charge in [-0.1, -0.05) is 5.11 Å². The minimum absolute atomic E-state index is 0.782. The van der Waals surface area contributed by atoms with Gasteiger partial charge in [0.1, 0.15) is 0 Å². The van der Waals surface area contributed by atoms with Crippen LogP contribution in [0.1, 0.15) is 0 Å². The monoisotopic (exact) mass is 169 g/mol. The van der Waals surface area contributed by atoms with Crippen molar-refractivity contribution in [3.8, 4) is 0 Å². The standard InChI is InChI=1S/C3HN3O3.CH2N2/c4-2-1(7)3(8)5-6-9-2;2-1-3/h4H;2-3H. The lowest BCUT2D eigenvalue weighted by atomic mass is 10.4. The predicted octanol–water partition coefficient (Wildman–Crippen LogP) is -0.225. The molecule has 1 rings (SSSR count). The highest BCUT2D eigenvalue weighted by Crippen LogP contribution is 1.94. The minimum atomic E-state index is -1.06. The first-order valence-electron chi connectivity index (χ1n) is 2.47. The van der Waals surface area contributed by atoms with E-state index in [-0.39, 0.29) is 0 Å². The molecule has 0 aromatic rings. The van der Waals surface area contributed by atoms with Crippen LogP contribution >= 0.6 is 0 Å². The van der Waals surface area contributed by atoms with Crippen LogP contribution in [-0.4, -0.2) is 23.6 Å². The van der Waals surface area contributed by atoms with Gasteiger partial charge in [-0.25, -0.2) is 10.8 Å². The summed E-state index contributed by atoms with van der Waals surface area (Å²) in [4.78, 5) is 24.4. The van der Waals surface area contributed by atoms with Crippen LogP contribution in [0.2, 0.25) is 0 Å². The van der Waals surface area contributed by atoms with E-state index >= 15 is 0 Å². The van der Waals surface area contributed by atoms with Gasteiger partial charge in [-0.2, -0.15) is 0 Å². The molecular weight excluding hydrogens is 166 g/mol. The average molecular weight is 169 g/mol. The number of nitrogens with one attached hydrogen (secondary N) is 3. The number of hydrogen-bond donors (Lipinski definition) is 3. The molecule has 0 saturated heterocycles. The Labute approximate surface area is 65.7 Å². The second-order valence-corrected chi connectivity index (χ2v) is 1.36. The van der Waals surface area contributed by atoms with E-state index in [1.165, 1.54) is 6.01 Å². The Kier molecular flexibility index (Phi) is 3.74. The van der Waals surface area contributed by atoms with Gasteiger partial charge in [0.15, 0.2) is 0 Å². The van der Waals surface area contributed by atoms with Crippen molar-refractivity contribution >= 4 is 23.6 Å². The van der Waals surface area contributed by atoms with E-state index in [0.717, 1.165) is 0 Å². The first kappa shape index (κ1) is 9.79. The van der Waals surface area contributed by atoms with Gasteiger partial charge in [-0.3, -0.25) is 15.0 Å². The molecule has 12 heavy (non-hydrogen) atoms. The molecule has 0 radical (unpaired) electrons. The number of nitrogens with zero attached hydrogens (tertiary/aromatic N) is 2. The molecule has 1 heterocycles. The summed E-state index contributed by atoms with van der Waals surface area (Å²) >= 11 is 0. The third-order valence-corrected chi connectivity index (χ3v) is 0.664. The molecular formula is C4H3N5O3. The van der Waals surface area contributed by atoms with E-state index in [1.54, 1.807) is 0 Å². The maximum Gasteiger partial charge on any atom is 0.344 e. The SMILES string of the molecule is N=C1ON=NC(=O)C1=O.N=C=N. The topological polar surface area (TPSA) is 140 Å². The Hall–Kier alpha value is -2.21. The molecule has 1 aliphatic rings. The Morgan fingerprint density at radius 1 is 1.33 bits per heavy atom. The Morgan fingerprint density at radius 3 is 2.17 bits per heavy atom. The summed E-state index contributed by atoms with van der Waals surface area (Å²) in [6, 6.07) is 1.25. The number of carbonyl (C=O) groups excluding carboxylic acids is 2. The van der Waals surface area contributed by atoms with Gasteiger partial charge in [0.05, 0.1) is 6.01 Å². The first-order valence-corrected chi connectivity index (χ1v) is 2.47. The fourth-order valence-corrected chi connectivity index (χ4v) is 0.282. The molecule has 0 unspecified atom stereocenters. The van der Waals surface area contributed by atoms with Crippen LogP contribution in [0.25, 0.3) is 0 Å². The smallest absolute Gasteiger partial charge is 0.314 e. The molecule has 62 valence electrons. The van der Waals surface area contributed by atoms with E-state index in [9.17, 15) is 9.59 Å². The van der Waals surface area contributed by atoms with Gasteiger partial charge in [0.2, 0.25) is 0 Å². The molecule has 0 bridgehead atoms. The average Bonchev–Trinajstić information content (AvgIpc) is 2.02. The molecule has 0 saturated carbocycles. The second kappa shape index (κ2) is 4.58. The normalized spacial score (nSPS) is 14.2. The van der Waals surface area contributed by atoms with Crippen LogP contribution in [-0.2, 0) is 14.4 Å². The van der Waals surface area contributed by atoms with E-state index in [1.807, 2.05) is 0 Å². The van der Waals surface area contributed by atoms with E-state index < -0.39 is 17.6 Å². The van der Waals surface area contributed by atoms with Crippen molar-refractivity contribution in [2.24, 2.45) is 10.4 Å². The molecule has 0 atom stereocenters. The van der Waals surface area contributed by atoms with E-state index in [4.69, 9.17) is 16.2 Å². The van der Waals surface area contributed by atoms with Crippen LogP contribution in [0.3, 0.4) is 0 Å². The zero-order valence-corrected chi connectivity index (χ0v) is 5.62. The number of carbonyl (C=O) groups is 2. The highest BCUT2D eigenvalue weighted by atomic mass is 16.7. The zero-order chi connectivity index (χ0) is 9.56. The largest absolute Gasteiger partial charge is 0.344 e. The summed E-state index contributed by atoms with van der Waals surface area (Å²) in [6.45, 7) is 0. The van der Waals surface area contributed by atoms with Gasteiger partial charge < -0.3 is 4.84 Å². The summed E-state index contributed by atoms with van der Waals surface area (Å²) in [5.74, 6) is -2.91. The lowest BCUT2D eigenvalue weighted by Gasteiger charge is -1.97. The third kappa shape index (κ3) is 2.58. The summed E-state index contributed by atoms with van der Waals surface area (Å²) in [5.41, 5.74) is 0. The molecule has 0 aromatic heterocycles. The molecule has 8 nitrogen and oxygen atoms in total. The molecule has 0 fully saturated rings. The molecule has 1 amide bonds. The number of hydrogen-bond acceptors (Lipinski definition) is 7. The van der Waals surface area contributed by atoms with Gasteiger partial charge in [-0.15, -0.1) is 0 Å². The van der Waals surface area contributed by atoms with Gasteiger partial charge in [-0.05, 0) is 0 Å². The Balaban J connectivity index is 0.000000354. The zero-order valence-electron chi connectivity index (χ0n) is 5.62. The lowest BCUT2D eigenvalue weighted by molar-refractivity contribution is -0.134. The van der Waals surface area contributed by atoms with E-state index in [0.29, 0.717) is 0 Å².